The zero-order valence-electron chi connectivity index (χ0n) is 7.90. The molecule has 1 N–H and O–H groups in total. The summed E-state index contributed by atoms with van der Waals surface area (Å²) in [5.74, 6) is -1.81. The van der Waals surface area contributed by atoms with Gasteiger partial charge >= 0.3 is 5.97 Å². The number of rotatable bonds is 4. The van der Waals surface area contributed by atoms with Crippen LogP contribution in [0.1, 0.15) is 20.8 Å². The minimum absolute atomic E-state index is 0.142. The lowest BCUT2D eigenvalue weighted by Crippen LogP contribution is -2.29. The third kappa shape index (κ3) is 3.23. The molecule has 0 saturated heterocycles. The van der Waals surface area contributed by atoms with Gasteiger partial charge in [0.05, 0.1) is 6.61 Å². The van der Waals surface area contributed by atoms with Gasteiger partial charge in [-0.2, -0.15) is 0 Å². The zero-order chi connectivity index (χ0) is 10.4. The topological polar surface area (TPSA) is 76.0 Å². The molecule has 0 aliphatic carbocycles. The highest BCUT2D eigenvalue weighted by Gasteiger charge is 2.24. The average Bonchev–Trinajstić information content (AvgIpc) is 2.05. The standard InChI is InChI=1S/C8H13NO4/c1-4-13-8(11)6(9-12)7(10)5(2)3/h5,12H,4H2,1-3H3/b9-6+. The number of ketones is 1. The smallest absolute Gasteiger partial charge is 0.364 e. The van der Waals surface area contributed by atoms with E-state index in [-0.39, 0.29) is 6.61 Å². The molecule has 0 aliphatic heterocycles. The Morgan fingerprint density at radius 3 is 2.31 bits per heavy atom. The molecule has 0 amide bonds. The van der Waals surface area contributed by atoms with Gasteiger partial charge < -0.3 is 9.94 Å². The van der Waals surface area contributed by atoms with E-state index in [1.165, 1.54) is 0 Å². The molecule has 5 nitrogen and oxygen atoms in total. The monoisotopic (exact) mass is 187 g/mol. The molecule has 0 fully saturated rings. The molecule has 0 heterocycles. The van der Waals surface area contributed by atoms with E-state index in [4.69, 9.17) is 5.21 Å². The van der Waals surface area contributed by atoms with Gasteiger partial charge in [-0.1, -0.05) is 19.0 Å². The summed E-state index contributed by atoms with van der Waals surface area (Å²) in [6, 6.07) is 0. The van der Waals surface area contributed by atoms with Crippen molar-refractivity contribution >= 4 is 17.5 Å². The number of hydrogen-bond acceptors (Lipinski definition) is 5. The molecule has 5 heteroatoms. The number of hydrogen-bond donors (Lipinski definition) is 1. The Kier molecular flexibility index (Phi) is 4.72. The largest absolute Gasteiger partial charge is 0.461 e. The van der Waals surface area contributed by atoms with E-state index in [1.807, 2.05) is 0 Å². The first-order chi connectivity index (χ1) is 6.04. The Bertz CT molecular complexity index is 232. The number of ether oxygens (including phenoxy) is 1. The van der Waals surface area contributed by atoms with E-state index in [0.717, 1.165) is 0 Å². The van der Waals surface area contributed by atoms with Crippen LogP contribution in [0.4, 0.5) is 0 Å². The van der Waals surface area contributed by atoms with Crippen molar-refractivity contribution in [3.8, 4) is 0 Å². The van der Waals surface area contributed by atoms with Crippen LogP contribution in [0.15, 0.2) is 5.16 Å². The highest BCUT2D eigenvalue weighted by Crippen LogP contribution is 1.98. The van der Waals surface area contributed by atoms with Crippen LogP contribution in [-0.4, -0.2) is 29.3 Å². The quantitative estimate of drug-likeness (QED) is 0.230. The molecule has 0 bridgehead atoms. The molecular formula is C8H13NO4. The van der Waals surface area contributed by atoms with Gasteiger partial charge in [-0.3, -0.25) is 4.79 Å². The normalized spacial score (nSPS) is 11.5. The second-order valence-corrected chi connectivity index (χ2v) is 2.69. The van der Waals surface area contributed by atoms with Crippen LogP contribution in [-0.2, 0) is 14.3 Å². The maximum atomic E-state index is 11.2. The number of carbonyl (C=O) groups is 2. The first-order valence-electron chi connectivity index (χ1n) is 3.98. The minimum Gasteiger partial charge on any atom is -0.461 e. The molecule has 0 radical (unpaired) electrons. The van der Waals surface area contributed by atoms with Gasteiger partial charge in [0, 0.05) is 5.92 Å². The molecule has 0 saturated carbocycles. The first-order valence-corrected chi connectivity index (χ1v) is 3.98. The van der Waals surface area contributed by atoms with Crippen molar-refractivity contribution < 1.29 is 19.5 Å². The van der Waals surface area contributed by atoms with Crippen LogP contribution in [0.5, 0.6) is 0 Å². The van der Waals surface area contributed by atoms with Gasteiger partial charge in [0.2, 0.25) is 5.71 Å². The van der Waals surface area contributed by atoms with Gasteiger partial charge in [-0.15, -0.1) is 0 Å². The summed E-state index contributed by atoms with van der Waals surface area (Å²) in [4.78, 5) is 22.2. The SMILES string of the molecule is CCOC(=O)/C(=N/O)C(=O)C(C)C. The molecule has 0 rings (SSSR count). The van der Waals surface area contributed by atoms with Crippen molar-refractivity contribution in [3.63, 3.8) is 0 Å². The Morgan fingerprint density at radius 2 is 2.00 bits per heavy atom. The van der Waals surface area contributed by atoms with Crippen LogP contribution >= 0.6 is 0 Å². The van der Waals surface area contributed by atoms with Crippen molar-refractivity contribution in [2.45, 2.75) is 20.8 Å². The average molecular weight is 187 g/mol. The zero-order valence-corrected chi connectivity index (χ0v) is 7.90. The predicted octanol–water partition coefficient (Wildman–Crippen LogP) is 0.605. The summed E-state index contributed by atoms with van der Waals surface area (Å²) in [5.41, 5.74) is -0.545. The van der Waals surface area contributed by atoms with Crippen LogP contribution in [0.3, 0.4) is 0 Å². The molecule has 0 aromatic heterocycles. The van der Waals surface area contributed by atoms with Crippen LogP contribution in [0, 0.1) is 5.92 Å². The van der Waals surface area contributed by atoms with Crippen molar-refractivity contribution in [1.29, 1.82) is 0 Å². The van der Waals surface area contributed by atoms with E-state index >= 15 is 0 Å². The van der Waals surface area contributed by atoms with Gasteiger partial charge in [0.1, 0.15) is 0 Å². The number of Topliss-reactive ketones (excluding diaryl/α,β-unsaturated/α-hetero) is 1. The molecule has 0 spiro atoms. The molecule has 74 valence electrons. The lowest BCUT2D eigenvalue weighted by atomic mass is 10.1. The van der Waals surface area contributed by atoms with Crippen molar-refractivity contribution in [2.75, 3.05) is 6.61 Å². The summed E-state index contributed by atoms with van der Waals surface area (Å²) >= 11 is 0. The van der Waals surface area contributed by atoms with Crippen LogP contribution in [0.2, 0.25) is 0 Å². The molecule has 0 aliphatic rings. The Morgan fingerprint density at radius 1 is 1.46 bits per heavy atom. The van der Waals surface area contributed by atoms with E-state index < -0.39 is 23.4 Å². The Balaban J connectivity index is 4.54. The summed E-state index contributed by atoms with van der Waals surface area (Å²) < 4.78 is 4.52. The second kappa shape index (κ2) is 5.29. The lowest BCUT2D eigenvalue weighted by molar-refractivity contribution is -0.136. The summed E-state index contributed by atoms with van der Waals surface area (Å²) in [6.07, 6.45) is 0. The van der Waals surface area contributed by atoms with Crippen molar-refractivity contribution in [2.24, 2.45) is 11.1 Å². The number of nitrogens with zero attached hydrogens (tertiary/aromatic N) is 1. The lowest BCUT2D eigenvalue weighted by Gasteiger charge is -2.04. The molecule has 0 atom stereocenters. The molecule has 13 heavy (non-hydrogen) atoms. The van der Waals surface area contributed by atoms with Crippen LogP contribution < -0.4 is 0 Å². The van der Waals surface area contributed by atoms with Crippen molar-refractivity contribution in [1.82, 2.24) is 0 Å². The van der Waals surface area contributed by atoms with E-state index in [9.17, 15) is 9.59 Å². The molecule has 0 aromatic carbocycles. The van der Waals surface area contributed by atoms with Gasteiger partial charge in [0.15, 0.2) is 5.78 Å². The highest BCUT2D eigenvalue weighted by atomic mass is 16.5. The van der Waals surface area contributed by atoms with Gasteiger partial charge in [0.25, 0.3) is 0 Å². The van der Waals surface area contributed by atoms with E-state index in [1.54, 1.807) is 20.8 Å². The maximum absolute atomic E-state index is 11.2. The van der Waals surface area contributed by atoms with Crippen molar-refractivity contribution in [3.05, 3.63) is 0 Å². The van der Waals surface area contributed by atoms with E-state index in [0.29, 0.717) is 0 Å². The summed E-state index contributed by atoms with van der Waals surface area (Å²) in [7, 11) is 0. The number of esters is 1. The predicted molar refractivity (Wildman–Crippen MR) is 45.7 cm³/mol. The highest BCUT2D eigenvalue weighted by molar-refractivity contribution is 6.64. The number of carbonyl (C=O) groups excluding carboxylic acids is 2. The molecule has 0 aromatic rings. The summed E-state index contributed by atoms with van der Waals surface area (Å²) in [5, 5.41) is 11.0. The fourth-order valence-electron chi connectivity index (χ4n) is 0.664. The molecular weight excluding hydrogens is 174 g/mol. The maximum Gasteiger partial charge on any atom is 0.364 e. The number of oxime groups is 1. The third-order valence-electron chi connectivity index (χ3n) is 1.33. The fraction of sp³-hybridized carbons (Fsp3) is 0.625. The minimum atomic E-state index is -0.885. The third-order valence-corrected chi connectivity index (χ3v) is 1.33. The van der Waals surface area contributed by atoms with E-state index in [2.05, 4.69) is 9.89 Å². The first kappa shape index (κ1) is 11.6. The molecule has 0 unspecified atom stereocenters. The van der Waals surface area contributed by atoms with Crippen LogP contribution in [0.25, 0.3) is 0 Å². The Hall–Kier alpha value is -1.39. The van der Waals surface area contributed by atoms with Gasteiger partial charge in [-0.25, -0.2) is 4.79 Å². The van der Waals surface area contributed by atoms with Gasteiger partial charge in [-0.05, 0) is 6.92 Å². The fourth-order valence-corrected chi connectivity index (χ4v) is 0.664. The Labute approximate surface area is 76.4 Å². The second-order valence-electron chi connectivity index (χ2n) is 2.69. The summed E-state index contributed by atoms with van der Waals surface area (Å²) in [6.45, 7) is 4.95.